The first-order valence-electron chi connectivity index (χ1n) is 5.25. The van der Waals surface area contributed by atoms with Crippen LogP contribution in [0.4, 0.5) is 4.39 Å². The van der Waals surface area contributed by atoms with E-state index in [2.05, 4.69) is 37.2 Å². The quantitative estimate of drug-likeness (QED) is 0.805. The third-order valence-corrected chi connectivity index (χ3v) is 4.40. The van der Waals surface area contributed by atoms with Crippen LogP contribution in [0, 0.1) is 5.82 Å². The molecule has 2 nitrogen and oxygen atoms in total. The third-order valence-electron chi connectivity index (χ3n) is 2.67. The summed E-state index contributed by atoms with van der Waals surface area (Å²) in [7, 11) is 0. The Bertz CT molecular complexity index is 419. The summed E-state index contributed by atoms with van der Waals surface area (Å²) in [4.78, 5) is 11.9. The van der Waals surface area contributed by atoms with E-state index in [0.29, 0.717) is 9.80 Å². The lowest BCUT2D eigenvalue weighted by atomic mass is 10.0. The lowest BCUT2D eigenvalue weighted by Gasteiger charge is -2.27. The van der Waals surface area contributed by atoms with Crippen LogP contribution in [-0.2, 0) is 0 Å². The van der Waals surface area contributed by atoms with Crippen molar-refractivity contribution >= 4 is 37.8 Å². The van der Waals surface area contributed by atoms with Gasteiger partial charge in [-0.25, -0.2) is 4.39 Å². The minimum atomic E-state index is -0.523. The zero-order chi connectivity index (χ0) is 13.1. The molecule has 1 atom stereocenters. The number of carbonyl (C=O) groups is 1. The second kappa shape index (κ2) is 5.96. The molecule has 94 valence electrons. The fourth-order valence-corrected chi connectivity index (χ4v) is 2.10. The Labute approximate surface area is 117 Å². The second-order valence-corrected chi connectivity index (χ2v) is 5.60. The van der Waals surface area contributed by atoms with Crippen molar-refractivity contribution in [3.63, 3.8) is 0 Å². The molecule has 1 rings (SSSR count). The van der Waals surface area contributed by atoms with E-state index in [0.717, 1.165) is 6.42 Å². The molecule has 0 saturated heterocycles. The average molecular weight is 367 g/mol. The Morgan fingerprint density at radius 1 is 1.53 bits per heavy atom. The lowest BCUT2D eigenvalue weighted by molar-refractivity contribution is 0.0909. The van der Waals surface area contributed by atoms with Gasteiger partial charge in [-0.15, -0.1) is 0 Å². The normalized spacial score (nSPS) is 14.2. The highest BCUT2D eigenvalue weighted by molar-refractivity contribution is 9.10. The van der Waals surface area contributed by atoms with E-state index >= 15 is 0 Å². The summed E-state index contributed by atoms with van der Waals surface area (Å²) in [5.74, 6) is -0.913. The summed E-state index contributed by atoms with van der Waals surface area (Å²) in [6.07, 6.45) is 0.766. The van der Waals surface area contributed by atoms with Crippen LogP contribution < -0.4 is 5.32 Å². The Morgan fingerprint density at radius 2 is 2.18 bits per heavy atom. The van der Waals surface area contributed by atoms with Gasteiger partial charge in [-0.3, -0.25) is 4.79 Å². The number of rotatable bonds is 4. The van der Waals surface area contributed by atoms with Crippen LogP contribution in [0.1, 0.15) is 30.6 Å². The Hall–Kier alpha value is -0.420. The maximum atomic E-state index is 13.6. The van der Waals surface area contributed by atoms with E-state index in [9.17, 15) is 9.18 Å². The van der Waals surface area contributed by atoms with Crippen molar-refractivity contribution < 1.29 is 9.18 Å². The molecule has 0 spiro atoms. The van der Waals surface area contributed by atoms with Crippen LogP contribution in [0.5, 0.6) is 0 Å². The maximum Gasteiger partial charge on any atom is 0.254 e. The molecule has 0 heterocycles. The van der Waals surface area contributed by atoms with Gasteiger partial charge in [0.25, 0.3) is 5.91 Å². The number of nitrogens with one attached hydrogen (secondary N) is 1. The fraction of sp³-hybridized carbons (Fsp3) is 0.417. The first-order chi connectivity index (χ1) is 7.91. The van der Waals surface area contributed by atoms with Gasteiger partial charge < -0.3 is 5.32 Å². The highest BCUT2D eigenvalue weighted by Crippen LogP contribution is 2.18. The number of hydrogen-bond acceptors (Lipinski definition) is 1. The van der Waals surface area contributed by atoms with E-state index in [1.54, 1.807) is 6.07 Å². The van der Waals surface area contributed by atoms with Crippen molar-refractivity contribution in [2.45, 2.75) is 25.8 Å². The van der Waals surface area contributed by atoms with Gasteiger partial charge in [0.05, 0.1) is 5.56 Å². The monoisotopic (exact) mass is 365 g/mol. The number of amides is 1. The number of benzene rings is 1. The zero-order valence-corrected chi connectivity index (χ0v) is 12.9. The fourth-order valence-electron chi connectivity index (χ4n) is 1.23. The topological polar surface area (TPSA) is 29.1 Å². The van der Waals surface area contributed by atoms with Crippen LogP contribution in [-0.4, -0.2) is 16.8 Å². The van der Waals surface area contributed by atoms with Gasteiger partial charge in [0.2, 0.25) is 0 Å². The van der Waals surface area contributed by atoms with Gasteiger partial charge in [-0.2, -0.15) is 0 Å². The minimum Gasteiger partial charge on any atom is -0.346 e. The van der Waals surface area contributed by atoms with Crippen molar-refractivity contribution in [3.05, 3.63) is 34.1 Å². The molecule has 1 amide bonds. The Kier molecular flexibility index (Phi) is 5.13. The molecule has 0 fully saturated rings. The zero-order valence-electron chi connectivity index (χ0n) is 9.69. The first-order valence-corrected chi connectivity index (χ1v) is 7.17. The van der Waals surface area contributed by atoms with E-state index < -0.39 is 5.82 Å². The summed E-state index contributed by atoms with van der Waals surface area (Å²) < 4.78 is 14.2. The predicted molar refractivity (Wildman–Crippen MR) is 74.1 cm³/mol. The number of carbonyl (C=O) groups excluding carboxylic acids is 1. The molecule has 0 saturated carbocycles. The van der Waals surface area contributed by atoms with E-state index in [1.807, 2.05) is 13.8 Å². The molecule has 1 unspecified atom stereocenters. The van der Waals surface area contributed by atoms with Crippen molar-refractivity contribution in [1.29, 1.82) is 0 Å². The summed E-state index contributed by atoms with van der Waals surface area (Å²) in [5.41, 5.74) is -0.301. The Balaban J connectivity index is 2.90. The first kappa shape index (κ1) is 14.6. The third kappa shape index (κ3) is 3.78. The largest absolute Gasteiger partial charge is 0.346 e. The molecule has 0 radical (unpaired) electrons. The Morgan fingerprint density at radius 3 is 2.65 bits per heavy atom. The van der Waals surface area contributed by atoms with E-state index in [-0.39, 0.29) is 17.0 Å². The standard InChI is InChI=1S/C12H14Br2FNO/c1-3-12(2,7-13)16-11(17)9-5-4-8(14)6-10(9)15/h4-6H,3,7H2,1-2H3,(H,16,17). The molecule has 0 aromatic heterocycles. The highest BCUT2D eigenvalue weighted by Gasteiger charge is 2.24. The molecule has 0 aliphatic carbocycles. The average Bonchev–Trinajstić information content (AvgIpc) is 2.28. The van der Waals surface area contributed by atoms with Crippen molar-refractivity contribution in [1.82, 2.24) is 5.32 Å². The molecular weight excluding hydrogens is 353 g/mol. The molecule has 0 bridgehead atoms. The summed E-state index contributed by atoms with van der Waals surface area (Å²) in [5, 5.41) is 3.45. The van der Waals surface area contributed by atoms with Gasteiger partial charge in [-0.05, 0) is 31.5 Å². The SMILES string of the molecule is CCC(C)(CBr)NC(=O)c1ccc(Br)cc1F. The molecule has 1 aromatic carbocycles. The van der Waals surface area contributed by atoms with Crippen LogP contribution in [0.3, 0.4) is 0 Å². The van der Waals surface area contributed by atoms with Crippen LogP contribution in [0.25, 0.3) is 0 Å². The number of alkyl halides is 1. The second-order valence-electron chi connectivity index (χ2n) is 4.13. The summed E-state index contributed by atoms with van der Waals surface area (Å²) >= 11 is 6.50. The minimum absolute atomic E-state index is 0.0637. The van der Waals surface area contributed by atoms with Crippen molar-refractivity contribution in [3.8, 4) is 0 Å². The molecule has 1 aromatic rings. The predicted octanol–water partition coefficient (Wildman–Crippen LogP) is 3.88. The highest BCUT2D eigenvalue weighted by atomic mass is 79.9. The molecule has 1 N–H and O–H groups in total. The summed E-state index contributed by atoms with van der Waals surface area (Å²) in [6, 6.07) is 4.40. The van der Waals surface area contributed by atoms with Crippen LogP contribution in [0.15, 0.2) is 22.7 Å². The van der Waals surface area contributed by atoms with Gasteiger partial charge in [0.1, 0.15) is 5.82 Å². The number of hydrogen-bond donors (Lipinski definition) is 1. The molecule has 17 heavy (non-hydrogen) atoms. The van der Waals surface area contributed by atoms with Gasteiger partial charge in [0, 0.05) is 15.3 Å². The van der Waals surface area contributed by atoms with Crippen LogP contribution in [0.2, 0.25) is 0 Å². The molecule has 0 aliphatic rings. The van der Waals surface area contributed by atoms with Gasteiger partial charge in [0.15, 0.2) is 0 Å². The van der Waals surface area contributed by atoms with Crippen LogP contribution >= 0.6 is 31.9 Å². The van der Waals surface area contributed by atoms with Crippen molar-refractivity contribution in [2.24, 2.45) is 0 Å². The molecule has 0 aliphatic heterocycles. The van der Waals surface area contributed by atoms with Crippen molar-refractivity contribution in [2.75, 3.05) is 5.33 Å². The van der Waals surface area contributed by atoms with E-state index in [1.165, 1.54) is 12.1 Å². The van der Waals surface area contributed by atoms with Gasteiger partial charge >= 0.3 is 0 Å². The smallest absolute Gasteiger partial charge is 0.254 e. The van der Waals surface area contributed by atoms with Gasteiger partial charge in [-0.1, -0.05) is 38.8 Å². The maximum absolute atomic E-state index is 13.6. The lowest BCUT2D eigenvalue weighted by Crippen LogP contribution is -2.47. The molecular formula is C12H14Br2FNO. The summed E-state index contributed by atoms with van der Waals surface area (Å²) in [6.45, 7) is 3.88. The van der Waals surface area contributed by atoms with E-state index in [4.69, 9.17) is 0 Å². The number of halogens is 3. The molecule has 5 heteroatoms.